The van der Waals surface area contributed by atoms with Crippen LogP contribution < -0.4 is 20.9 Å². The van der Waals surface area contributed by atoms with Gasteiger partial charge in [0.15, 0.2) is 0 Å². The van der Waals surface area contributed by atoms with E-state index in [9.17, 15) is 4.79 Å². The summed E-state index contributed by atoms with van der Waals surface area (Å²) in [5.41, 5.74) is 7.40. The molecule has 0 saturated heterocycles. The minimum atomic E-state index is -0.435. The summed E-state index contributed by atoms with van der Waals surface area (Å²) in [6.07, 6.45) is 2.09. The van der Waals surface area contributed by atoms with Crippen molar-refractivity contribution in [1.82, 2.24) is 20.9 Å². The number of amides is 2. The largest absolute Gasteiger partial charge is 0.493 e. The van der Waals surface area contributed by atoms with E-state index >= 15 is 0 Å². The van der Waals surface area contributed by atoms with Crippen LogP contribution in [0.25, 0.3) is 0 Å². The highest BCUT2D eigenvalue weighted by atomic mass is 32.2. The molecule has 0 aliphatic carbocycles. The molecule has 0 saturated carbocycles. The zero-order valence-electron chi connectivity index (χ0n) is 19.6. The van der Waals surface area contributed by atoms with Crippen molar-refractivity contribution in [3.8, 4) is 5.75 Å². The van der Waals surface area contributed by atoms with Gasteiger partial charge in [-0.2, -0.15) is 4.98 Å². The first kappa shape index (κ1) is 26.5. The Morgan fingerprint density at radius 3 is 2.85 bits per heavy atom. The number of thioether (sulfide) groups is 1. The summed E-state index contributed by atoms with van der Waals surface area (Å²) in [4.78, 5) is 20.7. The zero-order valence-corrected chi connectivity index (χ0v) is 20.4. The maximum Gasteiger partial charge on any atom is 0.340 e. The Labute approximate surface area is 198 Å². The van der Waals surface area contributed by atoms with Gasteiger partial charge in [-0.05, 0) is 46.9 Å². The van der Waals surface area contributed by atoms with Gasteiger partial charge in [0, 0.05) is 13.0 Å². The smallest absolute Gasteiger partial charge is 0.340 e. The van der Waals surface area contributed by atoms with Crippen LogP contribution in [0.3, 0.4) is 0 Å². The molecule has 0 atom stereocenters. The quantitative estimate of drug-likeness (QED) is 0.132. The molecule has 11 heteroatoms. The van der Waals surface area contributed by atoms with E-state index in [0.717, 1.165) is 12.2 Å². The lowest BCUT2D eigenvalue weighted by molar-refractivity contribution is -0.240. The van der Waals surface area contributed by atoms with E-state index in [1.165, 1.54) is 22.9 Å². The van der Waals surface area contributed by atoms with Crippen molar-refractivity contribution in [2.24, 2.45) is 0 Å². The maximum atomic E-state index is 11.9. The Bertz CT molecular complexity index is 918. The molecule has 1 heterocycles. The van der Waals surface area contributed by atoms with Gasteiger partial charge in [-0.3, -0.25) is 5.26 Å². The lowest BCUT2D eigenvalue weighted by atomic mass is 9.81. The highest BCUT2D eigenvalue weighted by Gasteiger charge is 2.22. The lowest BCUT2D eigenvalue weighted by Gasteiger charge is -2.26. The van der Waals surface area contributed by atoms with Crippen LogP contribution in [0.2, 0.25) is 0 Å². The van der Waals surface area contributed by atoms with Gasteiger partial charge in [0.25, 0.3) is 0 Å². The number of nitrogens with zero attached hydrogens (tertiary/aromatic N) is 2. The van der Waals surface area contributed by atoms with Gasteiger partial charge in [0.05, 0.1) is 13.2 Å². The Balaban J connectivity index is 1.68. The third kappa shape index (κ3) is 8.95. The number of hydrazine groups is 1. The molecule has 4 N–H and O–H groups in total. The monoisotopic (exact) mass is 479 g/mol. The summed E-state index contributed by atoms with van der Waals surface area (Å²) in [6, 6.07) is 5.83. The first-order chi connectivity index (χ1) is 15.7. The van der Waals surface area contributed by atoms with Gasteiger partial charge in [-0.25, -0.2) is 20.5 Å². The SMILES string of the molecule is C=C(CCOO)Sc1noc(NNC(=O)NCCCOc2ccc(C)cc2C(C)(C)CC)n1. The van der Waals surface area contributed by atoms with Gasteiger partial charge in [-0.1, -0.05) is 56.8 Å². The van der Waals surface area contributed by atoms with Crippen LogP contribution in [0.4, 0.5) is 10.8 Å². The van der Waals surface area contributed by atoms with Crippen molar-refractivity contribution < 1.29 is 24.2 Å². The molecule has 0 bridgehead atoms. The molecule has 2 rings (SSSR count). The average molecular weight is 480 g/mol. The van der Waals surface area contributed by atoms with E-state index in [1.54, 1.807) is 0 Å². The van der Waals surface area contributed by atoms with Crippen LogP contribution >= 0.6 is 11.8 Å². The highest BCUT2D eigenvalue weighted by molar-refractivity contribution is 8.02. The van der Waals surface area contributed by atoms with Crippen molar-refractivity contribution >= 4 is 23.8 Å². The van der Waals surface area contributed by atoms with Crippen molar-refractivity contribution in [3.05, 3.63) is 40.8 Å². The van der Waals surface area contributed by atoms with Gasteiger partial charge in [0.2, 0.25) is 5.16 Å². The van der Waals surface area contributed by atoms with Crippen molar-refractivity contribution in [1.29, 1.82) is 0 Å². The normalized spacial score (nSPS) is 11.2. The third-order valence-electron chi connectivity index (χ3n) is 5.01. The molecular formula is C22H33N5O5S. The number of carbonyl (C=O) groups is 1. The number of ether oxygens (including phenoxy) is 1. The summed E-state index contributed by atoms with van der Waals surface area (Å²) in [5.74, 6) is 0.884. The molecule has 0 unspecified atom stereocenters. The van der Waals surface area contributed by atoms with Crippen LogP contribution in [0.1, 0.15) is 51.2 Å². The maximum absolute atomic E-state index is 11.9. The molecule has 10 nitrogen and oxygen atoms in total. The molecule has 33 heavy (non-hydrogen) atoms. The van der Waals surface area contributed by atoms with E-state index < -0.39 is 6.03 Å². The molecule has 2 amide bonds. The van der Waals surface area contributed by atoms with Crippen molar-refractivity contribution in [2.75, 3.05) is 25.2 Å². The molecule has 0 aliphatic heterocycles. The first-order valence-corrected chi connectivity index (χ1v) is 11.6. The molecule has 0 spiro atoms. The Kier molecular flexibility index (Phi) is 10.5. The molecule has 1 aromatic carbocycles. The number of carbonyl (C=O) groups excluding carboxylic acids is 1. The summed E-state index contributed by atoms with van der Waals surface area (Å²) in [6.45, 7) is 13.5. The Morgan fingerprint density at radius 2 is 2.12 bits per heavy atom. The molecule has 2 aromatic rings. The molecule has 0 radical (unpaired) electrons. The van der Waals surface area contributed by atoms with Crippen molar-refractivity contribution in [3.63, 3.8) is 0 Å². The molecule has 0 aliphatic rings. The third-order valence-corrected chi connectivity index (χ3v) is 5.85. The molecule has 1 aromatic heterocycles. The number of aryl methyl sites for hydroxylation is 1. The lowest BCUT2D eigenvalue weighted by Crippen LogP contribution is -2.39. The highest BCUT2D eigenvalue weighted by Crippen LogP contribution is 2.35. The molecule has 0 fully saturated rings. The van der Waals surface area contributed by atoms with Gasteiger partial charge in [0.1, 0.15) is 5.75 Å². The number of anilines is 1. The number of rotatable bonds is 14. The zero-order chi connectivity index (χ0) is 24.3. The van der Waals surface area contributed by atoms with E-state index in [1.807, 2.05) is 12.1 Å². The summed E-state index contributed by atoms with van der Waals surface area (Å²) >= 11 is 1.18. The predicted octanol–water partition coefficient (Wildman–Crippen LogP) is 4.65. The average Bonchev–Trinajstić information content (AvgIpc) is 3.24. The number of hydrogen-bond acceptors (Lipinski definition) is 9. The summed E-state index contributed by atoms with van der Waals surface area (Å²) in [5, 5.41) is 15.1. The van der Waals surface area contributed by atoms with Crippen LogP contribution in [0, 0.1) is 6.92 Å². The molecular weight excluding hydrogens is 446 g/mol. The first-order valence-electron chi connectivity index (χ1n) is 10.7. The second kappa shape index (κ2) is 13.1. The second-order valence-corrected chi connectivity index (χ2v) is 9.20. The van der Waals surface area contributed by atoms with E-state index in [2.05, 4.69) is 71.5 Å². The Morgan fingerprint density at radius 1 is 1.33 bits per heavy atom. The fourth-order valence-corrected chi connectivity index (χ4v) is 3.39. The molecule has 182 valence electrons. The van der Waals surface area contributed by atoms with Crippen LogP contribution in [-0.4, -0.2) is 41.2 Å². The second-order valence-electron chi connectivity index (χ2n) is 8.05. The van der Waals surface area contributed by atoms with E-state index in [0.29, 0.717) is 36.1 Å². The topological polar surface area (TPSA) is 131 Å². The minimum absolute atomic E-state index is 0.0271. The standard InChI is InChI=1S/C22H33N5O5S/c1-6-22(4,5)17-14-15(2)8-9-18(17)30-12-7-11-23-19(28)25-26-20-24-21(27-32-20)33-16(3)10-13-31-29/h8-9,14,29H,3,6-7,10-13H2,1-2,4-5H3,(H2,23,25,28)(H,24,26,27). The number of urea groups is 1. The number of nitrogens with one attached hydrogen (secondary N) is 3. The van der Waals surface area contributed by atoms with Crippen LogP contribution in [-0.2, 0) is 10.3 Å². The van der Waals surface area contributed by atoms with Gasteiger partial charge >= 0.3 is 12.0 Å². The van der Waals surface area contributed by atoms with E-state index in [-0.39, 0.29) is 18.0 Å². The fourth-order valence-electron chi connectivity index (χ4n) is 2.74. The van der Waals surface area contributed by atoms with Crippen LogP contribution in [0.15, 0.2) is 39.4 Å². The Hall–Kier alpha value is -2.76. The van der Waals surface area contributed by atoms with Crippen LogP contribution in [0.5, 0.6) is 5.75 Å². The predicted molar refractivity (Wildman–Crippen MR) is 127 cm³/mol. The number of aromatic nitrogens is 2. The van der Waals surface area contributed by atoms with Gasteiger partial charge < -0.3 is 14.6 Å². The fraction of sp³-hybridized carbons (Fsp3) is 0.500. The number of benzene rings is 1. The van der Waals surface area contributed by atoms with Gasteiger partial charge in [-0.15, -0.1) is 0 Å². The summed E-state index contributed by atoms with van der Waals surface area (Å²) < 4.78 is 11.0. The van der Waals surface area contributed by atoms with E-state index in [4.69, 9.17) is 14.5 Å². The van der Waals surface area contributed by atoms with Crippen molar-refractivity contribution in [2.45, 2.75) is 57.5 Å². The number of hydrogen-bond donors (Lipinski definition) is 4. The minimum Gasteiger partial charge on any atom is -0.493 e. The summed E-state index contributed by atoms with van der Waals surface area (Å²) in [7, 11) is 0.